The summed E-state index contributed by atoms with van der Waals surface area (Å²) in [5.41, 5.74) is 0.158. The van der Waals surface area contributed by atoms with Gasteiger partial charge in [0.15, 0.2) is 5.92 Å². The van der Waals surface area contributed by atoms with Crippen LogP contribution in [0.1, 0.15) is 19.4 Å². The van der Waals surface area contributed by atoms with Crippen molar-refractivity contribution < 1.29 is 42.6 Å². The van der Waals surface area contributed by atoms with Gasteiger partial charge in [-0.05, 0) is 11.6 Å². The molecule has 10 nitrogen and oxygen atoms in total. The van der Waals surface area contributed by atoms with Crippen LogP contribution in [0.3, 0.4) is 0 Å². The lowest BCUT2D eigenvalue weighted by atomic mass is 9.87. The molecule has 1 aromatic carbocycles. The summed E-state index contributed by atoms with van der Waals surface area (Å²) in [4.78, 5) is 61.2. The summed E-state index contributed by atoms with van der Waals surface area (Å²) in [6.07, 6.45) is -0.211. The molecule has 32 heavy (non-hydrogen) atoms. The maximum Gasteiger partial charge on any atom is 0.328 e. The van der Waals surface area contributed by atoms with E-state index in [0.717, 1.165) is 21.3 Å². The van der Waals surface area contributed by atoms with Crippen molar-refractivity contribution in [2.45, 2.75) is 32.4 Å². The Kier molecular flexibility index (Phi) is 10.3. The number of hydrogen-bond donors (Lipinski definition) is 2. The Morgan fingerprint density at radius 3 is 1.91 bits per heavy atom. The van der Waals surface area contributed by atoms with Crippen molar-refractivity contribution >= 4 is 29.7 Å². The van der Waals surface area contributed by atoms with E-state index in [1.54, 1.807) is 6.07 Å². The van der Waals surface area contributed by atoms with Crippen LogP contribution >= 0.6 is 0 Å². The Morgan fingerprint density at radius 2 is 1.44 bits per heavy atom. The van der Waals surface area contributed by atoms with Crippen LogP contribution in [0.15, 0.2) is 24.3 Å². The number of carbonyl (C=O) groups is 5. The summed E-state index contributed by atoms with van der Waals surface area (Å²) in [7, 11) is 3.17. The topological polar surface area (TPSA) is 137 Å². The van der Waals surface area contributed by atoms with Crippen LogP contribution in [0.25, 0.3) is 0 Å². The minimum atomic E-state index is -1.54. The summed E-state index contributed by atoms with van der Waals surface area (Å²) >= 11 is 0. The van der Waals surface area contributed by atoms with Crippen molar-refractivity contribution in [1.82, 2.24) is 10.6 Å². The van der Waals surface area contributed by atoms with E-state index in [2.05, 4.69) is 20.1 Å². The molecule has 0 aliphatic carbocycles. The number of ether oxygens (including phenoxy) is 3. The minimum Gasteiger partial charge on any atom is -0.468 e. The monoisotopic (exact) mass is 454 g/mol. The number of carbonyl (C=O) groups excluding carboxylic acids is 5. The number of esters is 3. The largest absolute Gasteiger partial charge is 0.468 e. The number of nitrogens with one attached hydrogen (secondary N) is 2. The molecule has 0 fully saturated rings. The minimum absolute atomic E-state index is 0.158. The molecular formula is C21H27FN2O8. The van der Waals surface area contributed by atoms with Crippen LogP contribution in [0.5, 0.6) is 0 Å². The molecule has 1 aromatic rings. The number of halogens is 1. The standard InChI is InChI=1S/C21H27FN2O8/c1-11(16(19(27)30-3)20(28)31-4)17(21(29)32-5)24-18(26)15(23-12(2)25)10-13-8-6-7-9-14(13)22/h6-9,11,15-17H,10H2,1-5H3,(H,23,25)(H,24,26)/t11-,15+,17+/m1/s1. The van der Waals surface area contributed by atoms with Crippen molar-refractivity contribution in [3.63, 3.8) is 0 Å². The summed E-state index contributed by atoms with van der Waals surface area (Å²) < 4.78 is 28.0. The van der Waals surface area contributed by atoms with E-state index in [-0.39, 0.29) is 12.0 Å². The molecule has 1 rings (SSSR count). The predicted octanol–water partition coefficient (Wildman–Crippen LogP) is 0.129. The Labute approximate surface area is 184 Å². The Balaban J connectivity index is 3.23. The highest BCUT2D eigenvalue weighted by atomic mass is 19.1. The lowest BCUT2D eigenvalue weighted by Gasteiger charge is -2.28. The highest BCUT2D eigenvalue weighted by molar-refractivity contribution is 5.97. The van der Waals surface area contributed by atoms with Gasteiger partial charge in [-0.2, -0.15) is 0 Å². The molecule has 0 saturated carbocycles. The van der Waals surface area contributed by atoms with Gasteiger partial charge in [-0.15, -0.1) is 0 Å². The van der Waals surface area contributed by atoms with Crippen LogP contribution in [0, 0.1) is 17.7 Å². The molecule has 0 aliphatic rings. The third-order valence-electron chi connectivity index (χ3n) is 4.79. The predicted molar refractivity (Wildman–Crippen MR) is 108 cm³/mol. The van der Waals surface area contributed by atoms with Gasteiger partial charge in [-0.3, -0.25) is 19.2 Å². The van der Waals surface area contributed by atoms with E-state index in [1.165, 1.54) is 32.0 Å². The lowest BCUT2D eigenvalue weighted by Crippen LogP contribution is -2.56. The van der Waals surface area contributed by atoms with Gasteiger partial charge in [0.2, 0.25) is 11.8 Å². The Bertz CT molecular complexity index is 844. The van der Waals surface area contributed by atoms with Crippen molar-refractivity contribution in [2.24, 2.45) is 11.8 Å². The fraction of sp³-hybridized carbons (Fsp3) is 0.476. The van der Waals surface area contributed by atoms with Gasteiger partial charge in [0.25, 0.3) is 0 Å². The maximum absolute atomic E-state index is 14.1. The number of rotatable bonds is 10. The third kappa shape index (κ3) is 7.03. The molecule has 2 amide bonds. The number of benzene rings is 1. The molecule has 0 spiro atoms. The van der Waals surface area contributed by atoms with Gasteiger partial charge >= 0.3 is 17.9 Å². The zero-order valence-corrected chi connectivity index (χ0v) is 18.5. The summed E-state index contributed by atoms with van der Waals surface area (Å²) in [5.74, 6) is -7.57. The van der Waals surface area contributed by atoms with Gasteiger partial charge < -0.3 is 24.8 Å². The van der Waals surface area contributed by atoms with Gasteiger partial charge in [0.1, 0.15) is 17.9 Å². The van der Waals surface area contributed by atoms with Crippen LogP contribution < -0.4 is 10.6 Å². The second-order valence-corrected chi connectivity index (χ2v) is 6.94. The molecule has 0 radical (unpaired) electrons. The van der Waals surface area contributed by atoms with Crippen LogP contribution in [0.4, 0.5) is 4.39 Å². The third-order valence-corrected chi connectivity index (χ3v) is 4.79. The first-order chi connectivity index (χ1) is 15.1. The summed E-state index contributed by atoms with van der Waals surface area (Å²) in [6, 6.07) is 2.96. The van der Waals surface area contributed by atoms with Crippen molar-refractivity contribution in [3.05, 3.63) is 35.6 Å². The molecule has 2 N–H and O–H groups in total. The van der Waals surface area contributed by atoms with Crippen LogP contribution in [-0.4, -0.2) is 63.1 Å². The van der Waals surface area contributed by atoms with E-state index >= 15 is 0 Å². The normalized spacial score (nSPS) is 13.3. The van der Waals surface area contributed by atoms with Crippen molar-refractivity contribution in [2.75, 3.05) is 21.3 Å². The fourth-order valence-corrected chi connectivity index (χ4v) is 3.10. The van der Waals surface area contributed by atoms with E-state index in [1.807, 2.05) is 0 Å². The lowest BCUT2D eigenvalue weighted by molar-refractivity contribution is -0.163. The molecule has 11 heteroatoms. The van der Waals surface area contributed by atoms with Gasteiger partial charge in [-0.1, -0.05) is 25.1 Å². The Hall–Kier alpha value is -3.50. The first-order valence-electron chi connectivity index (χ1n) is 9.61. The van der Waals surface area contributed by atoms with E-state index in [9.17, 15) is 28.4 Å². The first-order valence-corrected chi connectivity index (χ1v) is 9.61. The second-order valence-electron chi connectivity index (χ2n) is 6.94. The number of amides is 2. The van der Waals surface area contributed by atoms with E-state index in [0.29, 0.717) is 0 Å². The number of hydrogen-bond acceptors (Lipinski definition) is 8. The fourth-order valence-electron chi connectivity index (χ4n) is 3.10. The van der Waals surface area contributed by atoms with Crippen molar-refractivity contribution in [1.29, 1.82) is 0 Å². The molecule has 0 unspecified atom stereocenters. The molecule has 0 bridgehead atoms. The summed E-state index contributed by atoms with van der Waals surface area (Å²) in [6.45, 7) is 2.53. The first kappa shape index (κ1) is 26.5. The average Bonchev–Trinajstić information content (AvgIpc) is 2.76. The molecular weight excluding hydrogens is 427 g/mol. The SMILES string of the molecule is COC(=O)C(C(=O)OC)[C@@H](C)[C@H](NC(=O)[C@H](Cc1ccccc1F)NC(C)=O)C(=O)OC. The zero-order chi connectivity index (χ0) is 24.4. The van der Waals surface area contributed by atoms with Crippen molar-refractivity contribution in [3.8, 4) is 0 Å². The van der Waals surface area contributed by atoms with E-state index in [4.69, 9.17) is 4.74 Å². The van der Waals surface area contributed by atoms with Crippen LogP contribution in [0.2, 0.25) is 0 Å². The summed E-state index contributed by atoms with van der Waals surface area (Å²) in [5, 5.41) is 4.79. The van der Waals surface area contributed by atoms with Gasteiger partial charge in [-0.25, -0.2) is 9.18 Å². The quantitative estimate of drug-likeness (QED) is 0.289. The second kappa shape index (κ2) is 12.4. The molecule has 0 aliphatic heterocycles. The molecule has 0 saturated heterocycles. The molecule has 3 atom stereocenters. The molecule has 0 aromatic heterocycles. The van der Waals surface area contributed by atoms with Crippen LogP contribution in [-0.2, 0) is 44.6 Å². The average molecular weight is 454 g/mol. The van der Waals surface area contributed by atoms with Gasteiger partial charge in [0, 0.05) is 19.3 Å². The van der Waals surface area contributed by atoms with Gasteiger partial charge in [0.05, 0.1) is 21.3 Å². The highest BCUT2D eigenvalue weighted by Gasteiger charge is 2.43. The smallest absolute Gasteiger partial charge is 0.328 e. The molecule has 0 heterocycles. The zero-order valence-electron chi connectivity index (χ0n) is 18.5. The number of methoxy groups -OCH3 is 3. The molecule has 176 valence electrons. The maximum atomic E-state index is 14.1. The highest BCUT2D eigenvalue weighted by Crippen LogP contribution is 2.21. The van der Waals surface area contributed by atoms with E-state index < -0.39 is 59.5 Å². The Morgan fingerprint density at radius 1 is 0.906 bits per heavy atom.